The van der Waals surface area contributed by atoms with E-state index in [0.29, 0.717) is 25.9 Å². The number of benzene rings is 2. The van der Waals surface area contributed by atoms with Gasteiger partial charge in [-0.1, -0.05) is 30.3 Å². The van der Waals surface area contributed by atoms with Crippen LogP contribution < -0.4 is 10.0 Å². The zero-order chi connectivity index (χ0) is 27.1. The van der Waals surface area contributed by atoms with Crippen LogP contribution in [-0.2, 0) is 26.0 Å². The molecule has 0 saturated carbocycles. The highest BCUT2D eigenvalue weighted by Gasteiger charge is 2.38. The number of nitrogens with zero attached hydrogens (tertiary/aromatic N) is 2. The Bertz CT molecular complexity index is 1220. The average molecular weight is 531 g/mol. The number of hydrogen-bond acceptors (Lipinski definition) is 7. The third-order valence-electron chi connectivity index (χ3n) is 6.57. The summed E-state index contributed by atoms with van der Waals surface area (Å²) in [6.45, 7) is 2.64. The zero-order valence-corrected chi connectivity index (χ0v) is 22.4. The van der Waals surface area contributed by atoms with Crippen molar-refractivity contribution in [1.29, 1.82) is 5.26 Å². The third-order valence-corrected chi connectivity index (χ3v) is 7.88. The molecule has 1 fully saturated rings. The van der Waals surface area contributed by atoms with E-state index in [1.165, 1.54) is 6.92 Å². The van der Waals surface area contributed by atoms with Gasteiger partial charge in [0.05, 0.1) is 16.1 Å². The molecule has 1 saturated heterocycles. The van der Waals surface area contributed by atoms with Crippen molar-refractivity contribution < 1.29 is 22.3 Å². The highest BCUT2D eigenvalue weighted by molar-refractivity contribution is 7.90. The van der Waals surface area contributed by atoms with Gasteiger partial charge in [0.1, 0.15) is 17.5 Å². The molecular formula is C27H35FN4O4S. The van der Waals surface area contributed by atoms with E-state index in [0.717, 1.165) is 43.5 Å². The summed E-state index contributed by atoms with van der Waals surface area (Å²) in [6.07, 6.45) is 4.05. The van der Waals surface area contributed by atoms with Crippen LogP contribution in [0.5, 0.6) is 0 Å². The molecule has 10 heteroatoms. The standard InChI is InChI=1S/C27H35FN4O4S/c1-27(14-7-8-16-36-27)26(33)31-37(34,35)23-17-21(19-29)25(24(28)18-23)30-22(13-15-32(2)3)12-11-20-9-5-4-6-10-20/h4-6,9-10,17-18,22,30H,7-8,11-16H2,1-3H3,(H,31,33)/t22-,27-/m0/s1. The number of anilines is 1. The van der Waals surface area contributed by atoms with Gasteiger partial charge in [0.15, 0.2) is 0 Å². The maximum Gasteiger partial charge on any atom is 0.265 e. The molecular weight excluding hydrogens is 495 g/mol. The first-order chi connectivity index (χ1) is 17.5. The summed E-state index contributed by atoms with van der Waals surface area (Å²) in [5.41, 5.74) is -0.329. The van der Waals surface area contributed by atoms with Gasteiger partial charge < -0.3 is 15.0 Å². The van der Waals surface area contributed by atoms with E-state index < -0.39 is 32.2 Å². The number of carbonyl (C=O) groups excluding carboxylic acids is 1. The number of rotatable bonds is 11. The highest BCUT2D eigenvalue weighted by Crippen LogP contribution is 2.28. The minimum absolute atomic E-state index is 0.0489. The van der Waals surface area contributed by atoms with Crippen LogP contribution in [0.2, 0.25) is 0 Å². The van der Waals surface area contributed by atoms with Crippen LogP contribution in [-0.4, -0.2) is 58.1 Å². The van der Waals surface area contributed by atoms with Crippen molar-refractivity contribution in [2.24, 2.45) is 0 Å². The van der Waals surface area contributed by atoms with Gasteiger partial charge >= 0.3 is 0 Å². The lowest BCUT2D eigenvalue weighted by atomic mass is 9.95. The Morgan fingerprint density at radius 2 is 1.95 bits per heavy atom. The Labute approximate surface area is 218 Å². The minimum Gasteiger partial charge on any atom is -0.379 e. The van der Waals surface area contributed by atoms with Crippen molar-refractivity contribution in [3.05, 3.63) is 59.4 Å². The second-order valence-electron chi connectivity index (χ2n) is 9.87. The molecule has 0 aliphatic carbocycles. The molecule has 2 aromatic carbocycles. The number of ether oxygens (including phenoxy) is 1. The molecule has 1 aliphatic rings. The number of amides is 1. The number of sulfonamides is 1. The van der Waals surface area contributed by atoms with Crippen LogP contribution in [0.1, 0.15) is 50.2 Å². The van der Waals surface area contributed by atoms with Crippen LogP contribution >= 0.6 is 0 Å². The molecule has 2 N–H and O–H groups in total. The van der Waals surface area contributed by atoms with Crippen molar-refractivity contribution >= 4 is 21.6 Å². The highest BCUT2D eigenvalue weighted by atomic mass is 32.2. The molecule has 1 amide bonds. The van der Waals surface area contributed by atoms with Gasteiger partial charge in [0.2, 0.25) is 0 Å². The topological polar surface area (TPSA) is 112 Å². The first-order valence-corrected chi connectivity index (χ1v) is 13.9. The third kappa shape index (κ3) is 7.74. The maximum atomic E-state index is 15.3. The molecule has 0 unspecified atom stereocenters. The van der Waals surface area contributed by atoms with Crippen LogP contribution in [0.25, 0.3) is 0 Å². The van der Waals surface area contributed by atoms with E-state index in [4.69, 9.17) is 4.74 Å². The smallest absolute Gasteiger partial charge is 0.265 e. The molecule has 1 heterocycles. The Hall–Kier alpha value is -3.00. The summed E-state index contributed by atoms with van der Waals surface area (Å²) in [5.74, 6) is -1.68. The van der Waals surface area contributed by atoms with Gasteiger partial charge in [-0.25, -0.2) is 17.5 Å². The van der Waals surface area contributed by atoms with Crippen molar-refractivity contribution in [3.63, 3.8) is 0 Å². The van der Waals surface area contributed by atoms with Crippen LogP contribution in [0.4, 0.5) is 10.1 Å². The number of halogens is 1. The second kappa shape index (κ2) is 12.5. The predicted molar refractivity (Wildman–Crippen MR) is 140 cm³/mol. The van der Waals surface area contributed by atoms with E-state index in [2.05, 4.69) is 5.32 Å². The number of nitrogens with one attached hydrogen (secondary N) is 2. The molecule has 8 nitrogen and oxygen atoms in total. The second-order valence-corrected chi connectivity index (χ2v) is 11.6. The molecule has 1 aliphatic heterocycles. The SMILES string of the molecule is CN(C)CC[C@H](CCc1ccccc1)Nc1c(F)cc(S(=O)(=O)NC(=O)[C@]2(C)CCCCO2)cc1C#N. The Kier molecular flexibility index (Phi) is 9.65. The van der Waals surface area contributed by atoms with E-state index >= 15 is 4.39 Å². The van der Waals surface area contributed by atoms with Crippen LogP contribution in [0.15, 0.2) is 47.4 Å². The molecule has 0 spiro atoms. The molecule has 0 aromatic heterocycles. The van der Waals surface area contributed by atoms with Gasteiger partial charge in [0.25, 0.3) is 15.9 Å². The van der Waals surface area contributed by atoms with E-state index in [1.807, 2.05) is 60.1 Å². The van der Waals surface area contributed by atoms with Gasteiger partial charge in [-0.3, -0.25) is 4.79 Å². The number of nitriles is 1. The van der Waals surface area contributed by atoms with E-state index in [9.17, 15) is 18.5 Å². The summed E-state index contributed by atoms with van der Waals surface area (Å²) in [5, 5.41) is 12.9. The Balaban J connectivity index is 1.81. The first kappa shape index (κ1) is 28.6. The Morgan fingerprint density at radius 3 is 2.57 bits per heavy atom. The van der Waals surface area contributed by atoms with Gasteiger partial charge in [0, 0.05) is 12.6 Å². The number of aryl methyl sites for hydroxylation is 1. The van der Waals surface area contributed by atoms with Crippen LogP contribution in [0, 0.1) is 17.1 Å². The van der Waals surface area contributed by atoms with Crippen molar-refractivity contribution in [2.75, 3.05) is 32.6 Å². The maximum absolute atomic E-state index is 15.3. The fraction of sp³-hybridized carbons (Fsp3) is 0.481. The molecule has 2 aromatic rings. The van der Waals surface area contributed by atoms with E-state index in [1.54, 1.807) is 0 Å². The molecule has 200 valence electrons. The summed E-state index contributed by atoms with van der Waals surface area (Å²) < 4.78 is 48.7. The molecule has 0 bridgehead atoms. The summed E-state index contributed by atoms with van der Waals surface area (Å²) in [4.78, 5) is 14.2. The molecule has 37 heavy (non-hydrogen) atoms. The van der Waals surface area contributed by atoms with Crippen molar-refractivity contribution in [3.8, 4) is 6.07 Å². The summed E-state index contributed by atoms with van der Waals surface area (Å²) >= 11 is 0. The lowest BCUT2D eigenvalue weighted by Gasteiger charge is -2.32. The largest absolute Gasteiger partial charge is 0.379 e. The Morgan fingerprint density at radius 1 is 1.22 bits per heavy atom. The van der Waals surface area contributed by atoms with E-state index in [-0.39, 0.29) is 17.3 Å². The fourth-order valence-corrected chi connectivity index (χ4v) is 5.38. The normalized spacial score (nSPS) is 18.7. The van der Waals surface area contributed by atoms with Crippen LogP contribution in [0.3, 0.4) is 0 Å². The zero-order valence-electron chi connectivity index (χ0n) is 21.6. The lowest BCUT2D eigenvalue weighted by molar-refractivity contribution is -0.148. The fourth-order valence-electron chi connectivity index (χ4n) is 4.27. The predicted octanol–water partition coefficient (Wildman–Crippen LogP) is 3.83. The average Bonchev–Trinajstić information content (AvgIpc) is 2.87. The monoisotopic (exact) mass is 530 g/mol. The number of carbonyl (C=O) groups is 1. The molecule has 0 radical (unpaired) electrons. The summed E-state index contributed by atoms with van der Waals surface area (Å²) in [6, 6.07) is 13.6. The van der Waals surface area contributed by atoms with Gasteiger partial charge in [-0.2, -0.15) is 5.26 Å². The quantitative estimate of drug-likeness (QED) is 0.454. The molecule has 2 atom stereocenters. The summed E-state index contributed by atoms with van der Waals surface area (Å²) in [7, 11) is -0.527. The van der Waals surface area contributed by atoms with Crippen molar-refractivity contribution in [1.82, 2.24) is 9.62 Å². The van der Waals surface area contributed by atoms with Gasteiger partial charge in [-0.05, 0) is 83.8 Å². The minimum atomic E-state index is -4.42. The van der Waals surface area contributed by atoms with Crippen molar-refractivity contribution in [2.45, 2.75) is 62.0 Å². The number of hydrogen-bond donors (Lipinski definition) is 2. The molecule has 3 rings (SSSR count). The lowest BCUT2D eigenvalue weighted by Crippen LogP contribution is -2.50. The first-order valence-electron chi connectivity index (χ1n) is 12.4. The van der Waals surface area contributed by atoms with Gasteiger partial charge in [-0.15, -0.1) is 0 Å².